The van der Waals surface area contributed by atoms with E-state index in [1.165, 1.54) is 10.4 Å². The molecule has 2 aromatic rings. The molecule has 2 heterocycles. The van der Waals surface area contributed by atoms with Gasteiger partial charge in [0.25, 0.3) is 6.01 Å². The Morgan fingerprint density at radius 2 is 1.94 bits per heavy atom. The summed E-state index contributed by atoms with van der Waals surface area (Å²) in [7, 11) is 1.81. The summed E-state index contributed by atoms with van der Waals surface area (Å²) in [6.07, 6.45) is 1.78. The molecule has 0 amide bonds. The first-order chi connectivity index (χ1) is 8.52. The summed E-state index contributed by atoms with van der Waals surface area (Å²) in [6.45, 7) is 8.94. The Balaban J connectivity index is 2.43. The van der Waals surface area contributed by atoms with Crippen LogP contribution in [0.25, 0.3) is 10.6 Å². The molecular formula is C14H20N2OS. The van der Waals surface area contributed by atoms with Crippen molar-refractivity contribution in [2.45, 2.75) is 39.5 Å². The number of hydrogen-bond donors (Lipinski definition) is 1. The van der Waals surface area contributed by atoms with Gasteiger partial charge in [0.1, 0.15) is 0 Å². The molecule has 0 aliphatic rings. The number of nitrogens with zero attached hydrogens (tertiary/aromatic N) is 1. The summed E-state index contributed by atoms with van der Waals surface area (Å²) in [5, 5.41) is 2.91. The first-order valence-corrected chi connectivity index (χ1v) is 7.12. The molecule has 18 heavy (non-hydrogen) atoms. The molecule has 0 fully saturated rings. The molecule has 2 rings (SSSR count). The normalized spacial score (nSPS) is 11.5. The number of rotatable bonds is 4. The molecule has 0 aromatic carbocycles. The van der Waals surface area contributed by atoms with Crippen molar-refractivity contribution < 1.29 is 4.42 Å². The third kappa shape index (κ3) is 2.43. The maximum absolute atomic E-state index is 5.63. The highest BCUT2D eigenvalue weighted by Crippen LogP contribution is 2.39. The number of anilines is 1. The summed E-state index contributed by atoms with van der Waals surface area (Å²) >= 11 is 1.81. The van der Waals surface area contributed by atoms with E-state index in [2.05, 4.69) is 44.1 Å². The zero-order valence-corrected chi connectivity index (χ0v) is 12.4. The molecule has 0 atom stereocenters. The van der Waals surface area contributed by atoms with Gasteiger partial charge in [-0.3, -0.25) is 0 Å². The monoisotopic (exact) mass is 264 g/mol. The first-order valence-electron chi connectivity index (χ1n) is 6.30. The van der Waals surface area contributed by atoms with Crippen molar-refractivity contribution in [3.63, 3.8) is 0 Å². The van der Waals surface area contributed by atoms with Gasteiger partial charge in [0.15, 0.2) is 5.76 Å². The minimum absolute atomic E-state index is 0.541. The van der Waals surface area contributed by atoms with Crippen molar-refractivity contribution >= 4 is 17.4 Å². The van der Waals surface area contributed by atoms with Crippen molar-refractivity contribution in [2.75, 3.05) is 12.4 Å². The zero-order valence-electron chi connectivity index (χ0n) is 11.6. The maximum atomic E-state index is 5.63. The summed E-state index contributed by atoms with van der Waals surface area (Å²) in [5.74, 6) is 1.94. The van der Waals surface area contributed by atoms with E-state index >= 15 is 0 Å². The molecule has 3 nitrogen and oxygen atoms in total. The quantitative estimate of drug-likeness (QED) is 0.870. The second-order valence-corrected chi connectivity index (χ2v) is 6.10. The van der Waals surface area contributed by atoms with E-state index in [-0.39, 0.29) is 0 Å². The van der Waals surface area contributed by atoms with Crippen molar-refractivity contribution in [1.29, 1.82) is 0 Å². The second kappa shape index (κ2) is 5.14. The summed E-state index contributed by atoms with van der Waals surface area (Å²) in [4.78, 5) is 6.78. The third-order valence-electron chi connectivity index (χ3n) is 2.90. The minimum atomic E-state index is 0.541. The minimum Gasteiger partial charge on any atom is -0.423 e. The molecule has 0 unspecified atom stereocenters. The highest BCUT2D eigenvalue weighted by Gasteiger charge is 2.17. The van der Waals surface area contributed by atoms with Gasteiger partial charge in [0.2, 0.25) is 0 Å². The van der Waals surface area contributed by atoms with Crippen LogP contribution in [-0.2, 0) is 0 Å². The fourth-order valence-electron chi connectivity index (χ4n) is 1.95. The van der Waals surface area contributed by atoms with Gasteiger partial charge in [-0.15, -0.1) is 11.3 Å². The topological polar surface area (TPSA) is 38.1 Å². The van der Waals surface area contributed by atoms with Crippen LogP contribution in [0.2, 0.25) is 0 Å². The molecule has 2 aromatic heterocycles. The van der Waals surface area contributed by atoms with Crippen molar-refractivity contribution in [3.05, 3.63) is 22.7 Å². The lowest BCUT2D eigenvalue weighted by Crippen LogP contribution is -1.91. The fraction of sp³-hybridized carbons (Fsp3) is 0.500. The van der Waals surface area contributed by atoms with E-state index in [0.29, 0.717) is 17.9 Å². The van der Waals surface area contributed by atoms with Crippen LogP contribution in [0.3, 0.4) is 0 Å². The Bertz CT molecular complexity index is 500. The highest BCUT2D eigenvalue weighted by atomic mass is 32.1. The van der Waals surface area contributed by atoms with Crippen LogP contribution >= 0.6 is 11.3 Å². The summed E-state index contributed by atoms with van der Waals surface area (Å²) in [6, 6.07) is 2.81. The molecule has 4 heteroatoms. The van der Waals surface area contributed by atoms with Crippen LogP contribution in [0.5, 0.6) is 0 Å². The Labute approximate surface area is 112 Å². The van der Waals surface area contributed by atoms with Crippen molar-refractivity contribution in [3.8, 4) is 10.6 Å². The lowest BCUT2D eigenvalue weighted by Gasteiger charge is -2.08. The Hall–Kier alpha value is -1.29. The predicted octanol–water partition coefficient (Wildman–Crippen LogP) is 4.69. The molecule has 0 saturated heterocycles. The number of nitrogens with one attached hydrogen (secondary N) is 1. The number of aromatic nitrogens is 1. The Morgan fingerprint density at radius 3 is 2.39 bits per heavy atom. The maximum Gasteiger partial charge on any atom is 0.294 e. The molecule has 0 aliphatic carbocycles. The van der Waals surface area contributed by atoms with Gasteiger partial charge in [-0.05, 0) is 23.5 Å². The largest absolute Gasteiger partial charge is 0.423 e. The Kier molecular flexibility index (Phi) is 3.76. The van der Waals surface area contributed by atoms with Crippen LogP contribution in [0.4, 0.5) is 6.01 Å². The van der Waals surface area contributed by atoms with Gasteiger partial charge in [-0.1, -0.05) is 27.7 Å². The smallest absolute Gasteiger partial charge is 0.294 e. The van der Waals surface area contributed by atoms with Crippen LogP contribution in [0.1, 0.15) is 50.0 Å². The van der Waals surface area contributed by atoms with Crippen LogP contribution < -0.4 is 5.32 Å². The molecule has 0 spiro atoms. The standard InChI is InChI=1S/C14H20N2OS/c1-8(2)10-6-12(18-13(10)9(3)4)11-7-16-14(15-5)17-11/h6-9H,1-5H3,(H,15,16). The van der Waals surface area contributed by atoms with E-state index in [1.807, 2.05) is 18.4 Å². The van der Waals surface area contributed by atoms with E-state index in [1.54, 1.807) is 6.20 Å². The molecule has 0 bridgehead atoms. The lowest BCUT2D eigenvalue weighted by atomic mass is 9.99. The zero-order chi connectivity index (χ0) is 13.3. The Morgan fingerprint density at radius 1 is 1.22 bits per heavy atom. The van der Waals surface area contributed by atoms with Crippen molar-refractivity contribution in [2.24, 2.45) is 0 Å². The van der Waals surface area contributed by atoms with Gasteiger partial charge >= 0.3 is 0 Å². The third-order valence-corrected chi connectivity index (χ3v) is 4.37. The van der Waals surface area contributed by atoms with Crippen molar-refractivity contribution in [1.82, 2.24) is 4.98 Å². The van der Waals surface area contributed by atoms with E-state index in [0.717, 1.165) is 10.6 Å². The molecule has 1 N–H and O–H groups in total. The van der Waals surface area contributed by atoms with Gasteiger partial charge in [-0.2, -0.15) is 0 Å². The summed E-state index contributed by atoms with van der Waals surface area (Å²) < 4.78 is 5.63. The van der Waals surface area contributed by atoms with Gasteiger partial charge < -0.3 is 9.73 Å². The average molecular weight is 264 g/mol. The molecular weight excluding hydrogens is 244 g/mol. The highest BCUT2D eigenvalue weighted by molar-refractivity contribution is 7.15. The summed E-state index contributed by atoms with van der Waals surface area (Å²) in [5.41, 5.74) is 1.42. The predicted molar refractivity (Wildman–Crippen MR) is 77.5 cm³/mol. The molecule has 0 saturated carbocycles. The SMILES string of the molecule is CNc1ncc(-c2cc(C(C)C)c(C(C)C)s2)o1. The number of hydrogen-bond acceptors (Lipinski definition) is 4. The molecule has 0 aliphatic heterocycles. The van der Waals surface area contributed by atoms with E-state index in [4.69, 9.17) is 4.42 Å². The van der Waals surface area contributed by atoms with Crippen LogP contribution in [0.15, 0.2) is 16.7 Å². The van der Waals surface area contributed by atoms with Gasteiger partial charge in [-0.25, -0.2) is 4.98 Å². The molecule has 0 radical (unpaired) electrons. The van der Waals surface area contributed by atoms with E-state index in [9.17, 15) is 0 Å². The fourth-order valence-corrected chi connectivity index (χ4v) is 3.21. The number of oxazole rings is 1. The van der Waals surface area contributed by atoms with Crippen LogP contribution in [0, 0.1) is 0 Å². The van der Waals surface area contributed by atoms with Gasteiger partial charge in [0, 0.05) is 11.9 Å². The molecule has 98 valence electrons. The first kappa shape index (κ1) is 13.1. The van der Waals surface area contributed by atoms with E-state index < -0.39 is 0 Å². The lowest BCUT2D eigenvalue weighted by molar-refractivity contribution is 0.591. The van der Waals surface area contributed by atoms with Gasteiger partial charge in [0.05, 0.1) is 11.1 Å². The average Bonchev–Trinajstić information content (AvgIpc) is 2.95. The van der Waals surface area contributed by atoms with Crippen LogP contribution in [-0.4, -0.2) is 12.0 Å². The number of thiophene rings is 1. The second-order valence-electron chi connectivity index (χ2n) is 5.02.